The first-order valence-electron chi connectivity index (χ1n) is 8.42. The van der Waals surface area contributed by atoms with Gasteiger partial charge < -0.3 is 19.9 Å². The summed E-state index contributed by atoms with van der Waals surface area (Å²) >= 11 is 5.94. The fourth-order valence-corrected chi connectivity index (χ4v) is 3.14. The standard InChI is InChI=1S/C19H22ClN3O2/c1-25-18-8-4-16(5-9-18)21-19(24)14-22-10-12-23(13-11-22)17-6-2-15(20)3-7-17/h2-9H,10-14H2,1H3,(H,21,24)/p+1. The molecule has 0 bridgehead atoms. The number of piperazine rings is 1. The molecule has 6 heteroatoms. The van der Waals surface area contributed by atoms with Gasteiger partial charge in [-0.25, -0.2) is 0 Å². The summed E-state index contributed by atoms with van der Waals surface area (Å²) in [5.74, 6) is 0.821. The third-order valence-corrected chi connectivity index (χ3v) is 4.70. The highest BCUT2D eigenvalue weighted by Crippen LogP contribution is 2.18. The summed E-state index contributed by atoms with van der Waals surface area (Å²) in [5, 5.41) is 3.70. The molecule has 2 aromatic carbocycles. The first-order chi connectivity index (χ1) is 12.1. The summed E-state index contributed by atoms with van der Waals surface area (Å²) in [6.07, 6.45) is 0. The molecule has 0 aliphatic carbocycles. The highest BCUT2D eigenvalue weighted by Gasteiger charge is 2.22. The van der Waals surface area contributed by atoms with Crippen molar-refractivity contribution in [2.45, 2.75) is 0 Å². The van der Waals surface area contributed by atoms with Gasteiger partial charge in [0.2, 0.25) is 0 Å². The Bertz CT molecular complexity index is 696. The van der Waals surface area contributed by atoms with E-state index in [2.05, 4.69) is 10.2 Å². The fourth-order valence-electron chi connectivity index (χ4n) is 3.02. The van der Waals surface area contributed by atoms with Crippen molar-refractivity contribution in [1.29, 1.82) is 0 Å². The minimum Gasteiger partial charge on any atom is -0.497 e. The maximum Gasteiger partial charge on any atom is 0.279 e. The van der Waals surface area contributed by atoms with Gasteiger partial charge in [0.1, 0.15) is 5.75 Å². The monoisotopic (exact) mass is 360 g/mol. The van der Waals surface area contributed by atoms with Crippen LogP contribution < -0.4 is 19.9 Å². The van der Waals surface area contributed by atoms with Crippen LogP contribution in [0.2, 0.25) is 5.02 Å². The number of methoxy groups -OCH3 is 1. The van der Waals surface area contributed by atoms with Gasteiger partial charge in [-0.05, 0) is 48.5 Å². The number of carbonyl (C=O) groups is 1. The molecule has 1 aliphatic heterocycles. The molecule has 0 aromatic heterocycles. The second kappa shape index (κ2) is 8.23. The highest BCUT2D eigenvalue weighted by molar-refractivity contribution is 6.30. The molecule has 0 saturated carbocycles. The molecule has 0 atom stereocenters. The van der Waals surface area contributed by atoms with Crippen molar-refractivity contribution >= 4 is 28.9 Å². The Hall–Kier alpha value is -2.24. The van der Waals surface area contributed by atoms with Crippen molar-refractivity contribution in [3.05, 3.63) is 53.6 Å². The Balaban J connectivity index is 1.46. The quantitative estimate of drug-likeness (QED) is 0.853. The Kier molecular flexibility index (Phi) is 5.79. The number of anilines is 2. The summed E-state index contributed by atoms with van der Waals surface area (Å²) in [6, 6.07) is 15.3. The average Bonchev–Trinajstić information content (AvgIpc) is 2.64. The predicted octanol–water partition coefficient (Wildman–Crippen LogP) is 1.69. The van der Waals surface area contributed by atoms with E-state index >= 15 is 0 Å². The van der Waals surface area contributed by atoms with Gasteiger partial charge in [0.25, 0.3) is 5.91 Å². The molecule has 1 fully saturated rings. The first kappa shape index (κ1) is 17.6. The zero-order chi connectivity index (χ0) is 17.6. The van der Waals surface area contributed by atoms with E-state index < -0.39 is 0 Å². The minimum absolute atomic E-state index is 0.0418. The number of rotatable bonds is 5. The van der Waals surface area contributed by atoms with E-state index in [1.54, 1.807) is 7.11 Å². The van der Waals surface area contributed by atoms with Gasteiger partial charge in [-0.1, -0.05) is 11.6 Å². The van der Waals surface area contributed by atoms with Crippen molar-refractivity contribution < 1.29 is 14.4 Å². The number of nitrogens with zero attached hydrogens (tertiary/aromatic N) is 1. The topological polar surface area (TPSA) is 46.0 Å². The molecule has 132 valence electrons. The van der Waals surface area contributed by atoms with Crippen molar-refractivity contribution in [3.8, 4) is 5.75 Å². The molecule has 1 amide bonds. The first-order valence-corrected chi connectivity index (χ1v) is 8.80. The van der Waals surface area contributed by atoms with Gasteiger partial charge in [0.05, 0.1) is 33.3 Å². The fraction of sp³-hybridized carbons (Fsp3) is 0.316. The highest BCUT2D eigenvalue weighted by atomic mass is 35.5. The van der Waals surface area contributed by atoms with E-state index in [1.165, 1.54) is 10.6 Å². The molecule has 5 nitrogen and oxygen atoms in total. The molecule has 0 spiro atoms. The van der Waals surface area contributed by atoms with Crippen LogP contribution in [0.3, 0.4) is 0 Å². The SMILES string of the molecule is COc1ccc(NC(=O)C[NH+]2CCN(c3ccc(Cl)cc3)CC2)cc1. The van der Waals surface area contributed by atoms with Crippen molar-refractivity contribution in [2.24, 2.45) is 0 Å². The van der Waals surface area contributed by atoms with Gasteiger partial charge in [-0.3, -0.25) is 4.79 Å². The molecule has 2 aromatic rings. The number of nitrogens with one attached hydrogen (secondary N) is 2. The van der Waals surface area contributed by atoms with Gasteiger partial charge in [0.15, 0.2) is 6.54 Å². The number of amides is 1. The maximum atomic E-state index is 12.2. The molecule has 1 aliphatic rings. The number of carbonyl (C=O) groups excluding carboxylic acids is 1. The number of hydrogen-bond acceptors (Lipinski definition) is 3. The summed E-state index contributed by atoms with van der Waals surface area (Å²) in [6.45, 7) is 4.25. The lowest BCUT2D eigenvalue weighted by Gasteiger charge is -2.33. The van der Waals surface area contributed by atoms with Crippen molar-refractivity contribution in [2.75, 3.05) is 50.1 Å². The average molecular weight is 361 g/mol. The third-order valence-electron chi connectivity index (χ3n) is 4.45. The van der Waals surface area contributed by atoms with E-state index in [0.717, 1.165) is 42.6 Å². The molecule has 1 heterocycles. The molecular weight excluding hydrogens is 338 g/mol. The van der Waals surface area contributed by atoms with Crippen LogP contribution in [0.4, 0.5) is 11.4 Å². The molecule has 3 rings (SSSR count). The largest absolute Gasteiger partial charge is 0.497 e. The smallest absolute Gasteiger partial charge is 0.279 e. The van der Waals surface area contributed by atoms with Gasteiger partial charge in [0, 0.05) is 16.4 Å². The lowest BCUT2D eigenvalue weighted by atomic mass is 10.2. The van der Waals surface area contributed by atoms with Gasteiger partial charge in [-0.2, -0.15) is 0 Å². The Morgan fingerprint density at radius 2 is 1.76 bits per heavy atom. The Morgan fingerprint density at radius 1 is 1.12 bits per heavy atom. The molecule has 1 saturated heterocycles. The molecule has 0 radical (unpaired) electrons. The summed E-state index contributed by atoms with van der Waals surface area (Å²) in [4.78, 5) is 15.9. The predicted molar refractivity (Wildman–Crippen MR) is 101 cm³/mol. The zero-order valence-electron chi connectivity index (χ0n) is 14.3. The second-order valence-electron chi connectivity index (χ2n) is 6.17. The van der Waals surface area contributed by atoms with E-state index in [0.29, 0.717) is 6.54 Å². The van der Waals surface area contributed by atoms with Gasteiger partial charge >= 0.3 is 0 Å². The van der Waals surface area contributed by atoms with Crippen LogP contribution in [0.1, 0.15) is 0 Å². The zero-order valence-corrected chi connectivity index (χ0v) is 15.1. The normalized spacial score (nSPS) is 15.0. The van der Waals surface area contributed by atoms with Crippen LogP contribution >= 0.6 is 11.6 Å². The van der Waals surface area contributed by atoms with Crippen LogP contribution in [0.5, 0.6) is 5.75 Å². The Labute approximate surface area is 153 Å². The lowest BCUT2D eigenvalue weighted by Crippen LogP contribution is -3.15. The van der Waals surface area contributed by atoms with Crippen LogP contribution in [-0.4, -0.2) is 45.7 Å². The summed E-state index contributed by atoms with van der Waals surface area (Å²) in [5.41, 5.74) is 1.98. The lowest BCUT2D eigenvalue weighted by molar-refractivity contribution is -0.892. The van der Waals surface area contributed by atoms with Crippen LogP contribution in [0.25, 0.3) is 0 Å². The minimum atomic E-state index is 0.0418. The number of halogens is 1. The van der Waals surface area contributed by atoms with Crippen molar-refractivity contribution in [3.63, 3.8) is 0 Å². The number of quaternary nitrogens is 1. The molecule has 2 N–H and O–H groups in total. The van der Waals surface area contributed by atoms with E-state index in [-0.39, 0.29) is 5.91 Å². The second-order valence-corrected chi connectivity index (χ2v) is 6.60. The van der Waals surface area contributed by atoms with Crippen LogP contribution in [0, 0.1) is 0 Å². The van der Waals surface area contributed by atoms with Gasteiger partial charge in [-0.15, -0.1) is 0 Å². The summed E-state index contributed by atoms with van der Waals surface area (Å²) in [7, 11) is 1.63. The number of hydrogen-bond donors (Lipinski definition) is 2. The van der Waals surface area contributed by atoms with Crippen LogP contribution in [-0.2, 0) is 4.79 Å². The number of benzene rings is 2. The molecule has 25 heavy (non-hydrogen) atoms. The van der Waals surface area contributed by atoms with E-state index in [1.807, 2.05) is 48.5 Å². The van der Waals surface area contributed by atoms with E-state index in [4.69, 9.17) is 16.3 Å². The summed E-state index contributed by atoms with van der Waals surface area (Å²) < 4.78 is 5.12. The molecular formula is C19H23ClN3O2+. The van der Waals surface area contributed by atoms with Crippen LogP contribution in [0.15, 0.2) is 48.5 Å². The Morgan fingerprint density at radius 3 is 2.36 bits per heavy atom. The maximum absolute atomic E-state index is 12.2. The van der Waals surface area contributed by atoms with Crippen molar-refractivity contribution in [1.82, 2.24) is 0 Å². The van der Waals surface area contributed by atoms with E-state index in [9.17, 15) is 4.79 Å². The molecule has 0 unspecified atom stereocenters. The third kappa shape index (κ3) is 4.87. The number of ether oxygens (including phenoxy) is 1.